The van der Waals surface area contributed by atoms with E-state index in [2.05, 4.69) is 21.3 Å². The third-order valence-corrected chi connectivity index (χ3v) is 5.29. The first kappa shape index (κ1) is 28.6. The molecule has 7 N–H and O–H groups in total. The second-order valence-corrected chi connectivity index (χ2v) is 8.25. The predicted molar refractivity (Wildman–Crippen MR) is 125 cm³/mol. The van der Waals surface area contributed by atoms with Crippen molar-refractivity contribution in [1.82, 2.24) is 21.3 Å². The number of benzene rings is 1. The number of carboxylic acid groups (broad SMARTS) is 1. The maximum atomic E-state index is 12.9. The Kier molecular flexibility index (Phi) is 11.7. The summed E-state index contributed by atoms with van der Waals surface area (Å²) in [6.07, 6.45) is 0.737. The highest BCUT2D eigenvalue weighted by atomic mass is 16.4. The molecule has 0 bridgehead atoms. The van der Waals surface area contributed by atoms with Crippen LogP contribution in [0.25, 0.3) is 0 Å². The van der Waals surface area contributed by atoms with Gasteiger partial charge in [0.25, 0.3) is 0 Å². The Bertz CT molecular complexity index is 861. The van der Waals surface area contributed by atoms with Gasteiger partial charge in [-0.2, -0.15) is 0 Å². The summed E-state index contributed by atoms with van der Waals surface area (Å²) in [6.45, 7) is 5.94. The lowest BCUT2D eigenvalue weighted by atomic mass is 9.98. The third kappa shape index (κ3) is 9.57. The van der Waals surface area contributed by atoms with E-state index in [-0.39, 0.29) is 12.3 Å². The van der Waals surface area contributed by atoms with Crippen molar-refractivity contribution >= 4 is 29.6 Å². The van der Waals surface area contributed by atoms with Crippen molar-refractivity contribution in [3.63, 3.8) is 0 Å². The fourth-order valence-corrected chi connectivity index (χ4v) is 2.99. The Labute approximate surface area is 199 Å². The average molecular weight is 478 g/mol. The fourth-order valence-electron chi connectivity index (χ4n) is 2.99. The van der Waals surface area contributed by atoms with Gasteiger partial charge < -0.3 is 32.1 Å². The number of carbonyl (C=O) groups is 5. The fraction of sp³-hybridized carbons (Fsp3) is 0.522. The van der Waals surface area contributed by atoms with Gasteiger partial charge >= 0.3 is 5.97 Å². The van der Waals surface area contributed by atoms with Gasteiger partial charge in [-0.05, 0) is 25.3 Å². The maximum Gasteiger partial charge on any atom is 0.322 e. The van der Waals surface area contributed by atoms with E-state index in [1.807, 2.05) is 13.0 Å². The Morgan fingerprint density at radius 3 is 2.03 bits per heavy atom. The second-order valence-electron chi connectivity index (χ2n) is 8.25. The van der Waals surface area contributed by atoms with E-state index in [0.29, 0.717) is 6.42 Å². The zero-order chi connectivity index (χ0) is 25.8. The van der Waals surface area contributed by atoms with Crippen molar-refractivity contribution in [2.24, 2.45) is 11.7 Å². The summed E-state index contributed by atoms with van der Waals surface area (Å²) in [6, 6.07) is 5.24. The van der Waals surface area contributed by atoms with Crippen LogP contribution in [0.15, 0.2) is 30.3 Å². The number of carbonyl (C=O) groups excluding carboxylic acids is 4. The van der Waals surface area contributed by atoms with Gasteiger partial charge in [-0.3, -0.25) is 24.0 Å². The smallest absolute Gasteiger partial charge is 0.322 e. The molecule has 0 fully saturated rings. The Morgan fingerprint density at radius 1 is 0.882 bits per heavy atom. The monoisotopic (exact) mass is 477 g/mol. The number of aliphatic carboxylic acids is 1. The zero-order valence-corrected chi connectivity index (χ0v) is 20.0. The van der Waals surface area contributed by atoms with Crippen LogP contribution in [0.3, 0.4) is 0 Å². The molecule has 0 aromatic heterocycles. The van der Waals surface area contributed by atoms with Crippen LogP contribution in [0.4, 0.5) is 0 Å². The molecule has 11 nitrogen and oxygen atoms in total. The molecule has 0 aliphatic rings. The normalized spacial score (nSPS) is 15.1. The van der Waals surface area contributed by atoms with E-state index in [4.69, 9.17) is 10.8 Å². The maximum absolute atomic E-state index is 12.9. The number of nitrogens with two attached hydrogens (primary N) is 1. The number of amides is 4. The number of hydrogen-bond donors (Lipinski definition) is 6. The molecule has 11 heteroatoms. The molecule has 0 spiro atoms. The standard InChI is InChI=1S/C23H35N5O6/c1-5-13(2)19(23(34)25-12-18(29)30)28-21(32)15(4)26-22(33)17(27-20(31)14(3)24)11-16-9-7-6-8-10-16/h6-10,13-15,17,19H,5,11-12,24H2,1-4H3,(H,25,34)(H,26,33)(H,27,31)(H,28,32)(H,29,30)/t13-,14-,15-,17-,19-/m0/s1. The van der Waals surface area contributed by atoms with Gasteiger partial charge in [0.1, 0.15) is 24.7 Å². The van der Waals surface area contributed by atoms with Gasteiger partial charge in [0, 0.05) is 6.42 Å². The largest absolute Gasteiger partial charge is 0.480 e. The molecule has 1 aromatic carbocycles. The third-order valence-electron chi connectivity index (χ3n) is 5.29. The minimum absolute atomic E-state index is 0.187. The Morgan fingerprint density at radius 2 is 1.50 bits per heavy atom. The summed E-state index contributed by atoms with van der Waals surface area (Å²) >= 11 is 0. The van der Waals surface area contributed by atoms with Crippen LogP contribution in [0.5, 0.6) is 0 Å². The molecule has 0 radical (unpaired) electrons. The molecular formula is C23H35N5O6. The van der Waals surface area contributed by atoms with Crippen LogP contribution in [-0.4, -0.2) is 65.4 Å². The minimum atomic E-state index is -1.21. The second kappa shape index (κ2) is 13.9. The van der Waals surface area contributed by atoms with Crippen molar-refractivity contribution in [2.75, 3.05) is 6.54 Å². The molecular weight excluding hydrogens is 442 g/mol. The van der Waals surface area contributed by atoms with Crippen molar-refractivity contribution in [3.05, 3.63) is 35.9 Å². The summed E-state index contributed by atoms with van der Waals surface area (Å²) in [5, 5.41) is 18.8. The van der Waals surface area contributed by atoms with Gasteiger partial charge in [-0.25, -0.2) is 0 Å². The van der Waals surface area contributed by atoms with E-state index in [0.717, 1.165) is 5.56 Å². The molecule has 34 heavy (non-hydrogen) atoms. The molecule has 0 unspecified atom stereocenters. The molecule has 0 saturated carbocycles. The lowest BCUT2D eigenvalue weighted by molar-refractivity contribution is -0.139. The molecule has 5 atom stereocenters. The van der Waals surface area contributed by atoms with Crippen molar-refractivity contribution in [2.45, 2.75) is 64.7 Å². The van der Waals surface area contributed by atoms with Crippen molar-refractivity contribution < 1.29 is 29.1 Å². The molecule has 0 aliphatic heterocycles. The molecule has 188 valence electrons. The number of carboxylic acids is 1. The summed E-state index contributed by atoms with van der Waals surface area (Å²) < 4.78 is 0. The zero-order valence-electron chi connectivity index (χ0n) is 20.0. The summed E-state index contributed by atoms with van der Waals surface area (Å²) in [4.78, 5) is 60.9. The molecule has 1 aromatic rings. The highest BCUT2D eigenvalue weighted by Gasteiger charge is 2.30. The van der Waals surface area contributed by atoms with Crippen LogP contribution < -0.4 is 27.0 Å². The lowest BCUT2D eigenvalue weighted by Gasteiger charge is -2.26. The lowest BCUT2D eigenvalue weighted by Crippen LogP contribution is -2.58. The van der Waals surface area contributed by atoms with Crippen LogP contribution in [-0.2, 0) is 30.4 Å². The van der Waals surface area contributed by atoms with Crippen LogP contribution in [0.1, 0.15) is 39.7 Å². The number of nitrogens with one attached hydrogen (secondary N) is 4. The summed E-state index contributed by atoms with van der Waals surface area (Å²) in [5.74, 6) is -3.84. The number of hydrogen-bond acceptors (Lipinski definition) is 6. The number of rotatable bonds is 13. The first-order valence-corrected chi connectivity index (χ1v) is 11.2. The first-order chi connectivity index (χ1) is 16.0. The van der Waals surface area contributed by atoms with E-state index in [1.54, 1.807) is 31.2 Å². The molecule has 0 saturated heterocycles. The van der Waals surface area contributed by atoms with E-state index >= 15 is 0 Å². The van der Waals surface area contributed by atoms with Gasteiger partial charge in [0.15, 0.2) is 0 Å². The van der Waals surface area contributed by atoms with E-state index in [9.17, 15) is 24.0 Å². The van der Waals surface area contributed by atoms with Gasteiger partial charge in [0.2, 0.25) is 23.6 Å². The predicted octanol–water partition coefficient (Wildman–Crippen LogP) is -0.702. The Balaban J connectivity index is 2.89. The topological polar surface area (TPSA) is 180 Å². The summed E-state index contributed by atoms with van der Waals surface area (Å²) in [7, 11) is 0. The highest BCUT2D eigenvalue weighted by molar-refractivity contribution is 5.95. The van der Waals surface area contributed by atoms with Crippen LogP contribution >= 0.6 is 0 Å². The molecule has 4 amide bonds. The average Bonchev–Trinajstić information content (AvgIpc) is 2.80. The highest BCUT2D eigenvalue weighted by Crippen LogP contribution is 2.09. The van der Waals surface area contributed by atoms with Crippen molar-refractivity contribution in [3.8, 4) is 0 Å². The summed E-state index contributed by atoms with van der Waals surface area (Å²) in [5.41, 5.74) is 6.42. The quantitative estimate of drug-likeness (QED) is 0.217. The van der Waals surface area contributed by atoms with Crippen molar-refractivity contribution in [1.29, 1.82) is 0 Å². The van der Waals surface area contributed by atoms with Gasteiger partial charge in [-0.15, -0.1) is 0 Å². The van der Waals surface area contributed by atoms with Crippen LogP contribution in [0.2, 0.25) is 0 Å². The van der Waals surface area contributed by atoms with Gasteiger partial charge in [0.05, 0.1) is 6.04 Å². The minimum Gasteiger partial charge on any atom is -0.480 e. The van der Waals surface area contributed by atoms with E-state index < -0.39 is 60.3 Å². The van der Waals surface area contributed by atoms with E-state index in [1.165, 1.54) is 13.8 Å². The SMILES string of the molecule is CC[C@H](C)[C@H](NC(=O)[C@H](C)NC(=O)[C@H](Cc1ccccc1)NC(=O)[C@H](C)N)C(=O)NCC(=O)O. The first-order valence-electron chi connectivity index (χ1n) is 11.2. The molecule has 1 rings (SSSR count). The van der Waals surface area contributed by atoms with Gasteiger partial charge in [-0.1, -0.05) is 50.6 Å². The van der Waals surface area contributed by atoms with Crippen LogP contribution in [0, 0.1) is 5.92 Å². The molecule has 0 aliphatic carbocycles. The Hall–Kier alpha value is -3.47. The molecule has 0 heterocycles.